The van der Waals surface area contributed by atoms with Crippen molar-refractivity contribution >= 4 is 9.84 Å². The summed E-state index contributed by atoms with van der Waals surface area (Å²) in [5.74, 6) is 1.10. The Hall–Kier alpha value is -1.07. The molecule has 1 aliphatic rings. The van der Waals surface area contributed by atoms with E-state index in [9.17, 15) is 8.42 Å². The molecule has 0 aromatic heterocycles. The zero-order valence-corrected chi connectivity index (χ0v) is 9.96. The van der Waals surface area contributed by atoms with Crippen molar-refractivity contribution in [3.05, 3.63) is 29.8 Å². The van der Waals surface area contributed by atoms with Gasteiger partial charge in [-0.05, 0) is 6.07 Å². The SMILES string of the molecule is COc1ccccc1C1CS(=O)(=O)CCN1. The molecule has 0 spiro atoms. The Kier molecular flexibility index (Phi) is 3.16. The van der Waals surface area contributed by atoms with Gasteiger partial charge in [-0.2, -0.15) is 0 Å². The molecular formula is C11H15NO3S. The summed E-state index contributed by atoms with van der Waals surface area (Å²) in [6, 6.07) is 7.35. The number of sulfone groups is 1. The van der Waals surface area contributed by atoms with Crippen LogP contribution in [0.15, 0.2) is 24.3 Å². The van der Waals surface area contributed by atoms with Crippen molar-refractivity contribution in [3.63, 3.8) is 0 Å². The molecule has 16 heavy (non-hydrogen) atoms. The summed E-state index contributed by atoms with van der Waals surface area (Å²) in [7, 11) is -1.33. The van der Waals surface area contributed by atoms with Crippen molar-refractivity contribution < 1.29 is 13.2 Å². The van der Waals surface area contributed by atoms with E-state index in [-0.39, 0.29) is 17.5 Å². The van der Waals surface area contributed by atoms with E-state index in [4.69, 9.17) is 4.74 Å². The van der Waals surface area contributed by atoms with Gasteiger partial charge in [-0.15, -0.1) is 0 Å². The fraction of sp³-hybridized carbons (Fsp3) is 0.455. The lowest BCUT2D eigenvalue weighted by Gasteiger charge is -2.25. The number of hydrogen-bond acceptors (Lipinski definition) is 4. The van der Waals surface area contributed by atoms with Gasteiger partial charge in [-0.3, -0.25) is 0 Å². The molecule has 1 saturated heterocycles. The zero-order valence-electron chi connectivity index (χ0n) is 9.14. The van der Waals surface area contributed by atoms with Crippen LogP contribution in [0.5, 0.6) is 5.75 Å². The predicted octanol–water partition coefficient (Wildman–Crippen LogP) is 0.754. The second-order valence-electron chi connectivity index (χ2n) is 3.86. The monoisotopic (exact) mass is 241 g/mol. The van der Waals surface area contributed by atoms with E-state index in [1.54, 1.807) is 7.11 Å². The first kappa shape index (κ1) is 11.4. The summed E-state index contributed by atoms with van der Waals surface area (Å²) < 4.78 is 28.3. The van der Waals surface area contributed by atoms with Crippen LogP contribution in [0, 0.1) is 0 Å². The molecule has 1 N–H and O–H groups in total. The highest BCUT2D eigenvalue weighted by atomic mass is 32.2. The third kappa shape index (κ3) is 2.36. The Morgan fingerprint density at radius 2 is 2.12 bits per heavy atom. The van der Waals surface area contributed by atoms with Crippen LogP contribution in [0.4, 0.5) is 0 Å². The molecule has 1 aromatic rings. The molecule has 1 atom stereocenters. The van der Waals surface area contributed by atoms with E-state index in [1.807, 2.05) is 24.3 Å². The van der Waals surface area contributed by atoms with E-state index in [0.717, 1.165) is 11.3 Å². The van der Waals surface area contributed by atoms with Crippen LogP contribution in [0.1, 0.15) is 11.6 Å². The highest BCUT2D eigenvalue weighted by Crippen LogP contribution is 2.27. The summed E-state index contributed by atoms with van der Waals surface area (Å²) in [6.07, 6.45) is 0. The minimum Gasteiger partial charge on any atom is -0.496 e. The number of ether oxygens (including phenoxy) is 1. The molecule has 0 radical (unpaired) electrons. The maximum absolute atomic E-state index is 11.6. The van der Waals surface area contributed by atoms with Gasteiger partial charge >= 0.3 is 0 Å². The molecular weight excluding hydrogens is 226 g/mol. The van der Waals surface area contributed by atoms with Crippen molar-refractivity contribution in [2.75, 3.05) is 25.2 Å². The fourth-order valence-corrected chi connectivity index (χ4v) is 3.34. The molecule has 0 saturated carbocycles. The number of rotatable bonds is 2. The van der Waals surface area contributed by atoms with Crippen LogP contribution in [-0.4, -0.2) is 33.6 Å². The molecule has 1 aliphatic heterocycles. The van der Waals surface area contributed by atoms with Crippen molar-refractivity contribution in [1.29, 1.82) is 0 Å². The van der Waals surface area contributed by atoms with Gasteiger partial charge in [0, 0.05) is 18.2 Å². The second kappa shape index (κ2) is 4.43. The molecule has 1 unspecified atom stereocenters. The van der Waals surface area contributed by atoms with Gasteiger partial charge in [0.2, 0.25) is 0 Å². The number of methoxy groups -OCH3 is 1. The lowest BCUT2D eigenvalue weighted by Crippen LogP contribution is -2.39. The third-order valence-electron chi connectivity index (χ3n) is 2.74. The molecule has 88 valence electrons. The van der Waals surface area contributed by atoms with Crippen LogP contribution >= 0.6 is 0 Å². The van der Waals surface area contributed by atoms with E-state index in [1.165, 1.54) is 0 Å². The van der Waals surface area contributed by atoms with Crippen molar-refractivity contribution in [2.24, 2.45) is 0 Å². The van der Waals surface area contributed by atoms with Crippen LogP contribution in [0.25, 0.3) is 0 Å². The van der Waals surface area contributed by atoms with E-state index < -0.39 is 9.84 Å². The summed E-state index contributed by atoms with van der Waals surface area (Å²) >= 11 is 0. The smallest absolute Gasteiger partial charge is 0.153 e. The van der Waals surface area contributed by atoms with Crippen LogP contribution in [0.3, 0.4) is 0 Å². The average Bonchev–Trinajstić information content (AvgIpc) is 2.27. The van der Waals surface area contributed by atoms with Gasteiger partial charge in [-0.25, -0.2) is 8.42 Å². The van der Waals surface area contributed by atoms with E-state index >= 15 is 0 Å². The van der Waals surface area contributed by atoms with Crippen molar-refractivity contribution in [3.8, 4) is 5.75 Å². The van der Waals surface area contributed by atoms with Crippen molar-refractivity contribution in [2.45, 2.75) is 6.04 Å². The molecule has 5 heteroatoms. The zero-order chi connectivity index (χ0) is 11.6. The fourth-order valence-electron chi connectivity index (χ4n) is 1.94. The molecule has 4 nitrogen and oxygen atoms in total. The van der Waals surface area contributed by atoms with Crippen molar-refractivity contribution in [1.82, 2.24) is 5.32 Å². The number of para-hydroxylation sites is 1. The van der Waals surface area contributed by atoms with Gasteiger partial charge in [0.15, 0.2) is 9.84 Å². The first-order valence-electron chi connectivity index (χ1n) is 5.19. The van der Waals surface area contributed by atoms with Gasteiger partial charge in [-0.1, -0.05) is 18.2 Å². The van der Waals surface area contributed by atoms with Gasteiger partial charge in [0.25, 0.3) is 0 Å². The minimum atomic E-state index is -2.92. The summed E-state index contributed by atoms with van der Waals surface area (Å²) in [5, 5.41) is 3.21. The van der Waals surface area contributed by atoms with E-state index in [0.29, 0.717) is 6.54 Å². The molecule has 1 fully saturated rings. The van der Waals surface area contributed by atoms with Gasteiger partial charge in [0.1, 0.15) is 5.75 Å². The summed E-state index contributed by atoms with van der Waals surface area (Å²) in [5.41, 5.74) is 0.910. The standard InChI is InChI=1S/C11H15NO3S/c1-15-11-5-3-2-4-9(11)10-8-16(13,14)7-6-12-10/h2-5,10,12H,6-8H2,1H3. The van der Waals surface area contributed by atoms with Gasteiger partial charge < -0.3 is 10.1 Å². The predicted molar refractivity (Wildman–Crippen MR) is 62.4 cm³/mol. The number of benzene rings is 1. The molecule has 0 bridgehead atoms. The molecule has 1 heterocycles. The van der Waals surface area contributed by atoms with Crippen LogP contribution < -0.4 is 10.1 Å². The molecule has 1 aromatic carbocycles. The molecule has 2 rings (SSSR count). The number of hydrogen-bond donors (Lipinski definition) is 1. The van der Waals surface area contributed by atoms with Crippen LogP contribution in [-0.2, 0) is 9.84 Å². The van der Waals surface area contributed by atoms with E-state index in [2.05, 4.69) is 5.32 Å². The summed E-state index contributed by atoms with van der Waals surface area (Å²) in [6.45, 7) is 0.505. The lowest BCUT2D eigenvalue weighted by molar-refractivity contribution is 0.401. The topological polar surface area (TPSA) is 55.4 Å². The maximum Gasteiger partial charge on any atom is 0.153 e. The summed E-state index contributed by atoms with van der Waals surface area (Å²) in [4.78, 5) is 0. The first-order chi connectivity index (χ1) is 7.62. The highest BCUT2D eigenvalue weighted by Gasteiger charge is 2.26. The normalized spacial score (nSPS) is 23.9. The Balaban J connectivity index is 2.30. The highest BCUT2D eigenvalue weighted by molar-refractivity contribution is 7.91. The van der Waals surface area contributed by atoms with Crippen LogP contribution in [0.2, 0.25) is 0 Å². The lowest BCUT2D eigenvalue weighted by atomic mass is 10.1. The molecule has 0 aliphatic carbocycles. The Labute approximate surface area is 95.5 Å². The second-order valence-corrected chi connectivity index (χ2v) is 6.09. The quantitative estimate of drug-likeness (QED) is 0.830. The Morgan fingerprint density at radius 3 is 2.81 bits per heavy atom. The largest absolute Gasteiger partial charge is 0.496 e. The maximum atomic E-state index is 11.6. The third-order valence-corrected chi connectivity index (χ3v) is 4.41. The number of nitrogens with one attached hydrogen (secondary N) is 1. The molecule has 0 amide bonds. The van der Waals surface area contributed by atoms with Gasteiger partial charge in [0.05, 0.1) is 18.6 Å². The average molecular weight is 241 g/mol. The first-order valence-corrected chi connectivity index (χ1v) is 7.01. The Morgan fingerprint density at radius 1 is 1.38 bits per heavy atom. The Bertz CT molecular complexity index is 470. The minimum absolute atomic E-state index is 0.146.